The topological polar surface area (TPSA) is 71.1 Å². The van der Waals surface area contributed by atoms with Gasteiger partial charge in [0.1, 0.15) is 29.4 Å². The van der Waals surface area contributed by atoms with Crippen LogP contribution >= 0.6 is 0 Å². The zero-order valence-corrected chi connectivity index (χ0v) is 19.6. The summed E-state index contributed by atoms with van der Waals surface area (Å²) >= 11 is 0. The van der Waals surface area contributed by atoms with Gasteiger partial charge in [-0.3, -0.25) is 9.59 Å². The predicted molar refractivity (Wildman–Crippen MR) is 119 cm³/mol. The van der Waals surface area contributed by atoms with E-state index in [0.29, 0.717) is 23.0 Å². The van der Waals surface area contributed by atoms with E-state index in [9.17, 15) is 9.59 Å². The molecule has 31 heavy (non-hydrogen) atoms. The second kappa shape index (κ2) is 9.41. The molecule has 0 spiro atoms. The van der Waals surface area contributed by atoms with Crippen LogP contribution in [-0.2, 0) is 20.4 Å². The molecule has 6 heteroatoms. The number of carbonyl (C=O) groups excluding carboxylic acids is 2. The van der Waals surface area contributed by atoms with Crippen LogP contribution < -0.4 is 18.9 Å². The molecular weight excluding hydrogens is 396 g/mol. The van der Waals surface area contributed by atoms with E-state index in [4.69, 9.17) is 18.9 Å². The van der Waals surface area contributed by atoms with Gasteiger partial charge in [0.15, 0.2) is 0 Å². The summed E-state index contributed by atoms with van der Waals surface area (Å²) in [5, 5.41) is 0. The number of methoxy groups -OCH3 is 2. The van der Waals surface area contributed by atoms with Crippen LogP contribution in [-0.4, -0.2) is 26.2 Å². The second-order valence-electron chi connectivity index (χ2n) is 9.35. The third kappa shape index (κ3) is 6.48. The van der Waals surface area contributed by atoms with E-state index in [0.717, 1.165) is 11.1 Å². The Hall–Kier alpha value is -3.02. The number of carbonyl (C=O) groups is 2. The molecule has 0 unspecified atom stereocenters. The average molecular weight is 429 g/mol. The largest absolute Gasteiger partial charge is 0.497 e. The van der Waals surface area contributed by atoms with Crippen LogP contribution in [0.25, 0.3) is 0 Å². The second-order valence-corrected chi connectivity index (χ2v) is 9.35. The van der Waals surface area contributed by atoms with Crippen molar-refractivity contribution in [2.24, 2.45) is 0 Å². The fraction of sp³-hybridized carbons (Fsp3) is 0.440. The lowest BCUT2D eigenvalue weighted by Crippen LogP contribution is -2.22. The normalized spacial score (nSPS) is 11.6. The Balaban J connectivity index is 2.16. The number of hydrogen-bond donors (Lipinski definition) is 0. The lowest BCUT2D eigenvalue weighted by molar-refractivity contribution is -0.144. The van der Waals surface area contributed by atoms with Crippen LogP contribution in [0.2, 0.25) is 0 Å². The molecule has 0 aliphatic heterocycles. The van der Waals surface area contributed by atoms with E-state index in [1.807, 2.05) is 53.7 Å². The molecule has 0 aliphatic carbocycles. The molecule has 0 bridgehead atoms. The summed E-state index contributed by atoms with van der Waals surface area (Å²) in [6.07, 6.45) is -0.509. The van der Waals surface area contributed by atoms with Gasteiger partial charge in [0, 0.05) is 11.1 Å². The van der Waals surface area contributed by atoms with Crippen molar-refractivity contribution in [2.45, 2.75) is 58.8 Å². The molecule has 0 atom stereocenters. The first-order valence-corrected chi connectivity index (χ1v) is 10.1. The summed E-state index contributed by atoms with van der Waals surface area (Å²) in [6, 6.07) is 10.4. The Labute approximate surface area is 184 Å². The van der Waals surface area contributed by atoms with Crippen LogP contribution in [0, 0.1) is 0 Å². The molecule has 0 aromatic heterocycles. The van der Waals surface area contributed by atoms with Gasteiger partial charge >= 0.3 is 11.9 Å². The van der Waals surface area contributed by atoms with Gasteiger partial charge in [-0.05, 0) is 47.2 Å². The summed E-state index contributed by atoms with van der Waals surface area (Å²) in [7, 11) is 3.16. The van der Waals surface area contributed by atoms with Crippen LogP contribution in [0.5, 0.6) is 23.0 Å². The van der Waals surface area contributed by atoms with Crippen molar-refractivity contribution in [2.75, 3.05) is 14.2 Å². The number of ether oxygens (including phenoxy) is 4. The van der Waals surface area contributed by atoms with E-state index < -0.39 is 18.4 Å². The van der Waals surface area contributed by atoms with E-state index in [-0.39, 0.29) is 10.8 Å². The van der Waals surface area contributed by atoms with Crippen molar-refractivity contribution >= 4 is 11.9 Å². The highest BCUT2D eigenvalue weighted by Gasteiger charge is 2.25. The maximum absolute atomic E-state index is 12.5. The zero-order chi connectivity index (χ0) is 23.4. The Morgan fingerprint density at radius 3 is 1.32 bits per heavy atom. The van der Waals surface area contributed by atoms with Crippen LogP contribution in [0.3, 0.4) is 0 Å². The monoisotopic (exact) mass is 428 g/mol. The molecule has 0 saturated heterocycles. The molecule has 6 nitrogen and oxygen atoms in total. The third-order valence-electron chi connectivity index (χ3n) is 4.73. The van der Waals surface area contributed by atoms with Gasteiger partial charge in [-0.25, -0.2) is 0 Å². The Morgan fingerprint density at radius 1 is 0.677 bits per heavy atom. The quantitative estimate of drug-likeness (QED) is 0.358. The lowest BCUT2D eigenvalue weighted by atomic mass is 9.86. The number of esters is 2. The lowest BCUT2D eigenvalue weighted by Gasteiger charge is -2.23. The first kappa shape index (κ1) is 24.3. The average Bonchev–Trinajstić information content (AvgIpc) is 2.66. The maximum Gasteiger partial charge on any atom is 0.322 e. The van der Waals surface area contributed by atoms with Gasteiger partial charge in [0.2, 0.25) is 0 Å². The summed E-state index contributed by atoms with van der Waals surface area (Å²) in [5.74, 6) is 0.742. The molecule has 0 fully saturated rings. The maximum atomic E-state index is 12.5. The molecule has 0 amide bonds. The number of rotatable bonds is 6. The fourth-order valence-electron chi connectivity index (χ4n) is 3.06. The van der Waals surface area contributed by atoms with Gasteiger partial charge in [-0.2, -0.15) is 0 Å². The van der Waals surface area contributed by atoms with E-state index in [2.05, 4.69) is 0 Å². The minimum atomic E-state index is -0.688. The number of hydrogen-bond acceptors (Lipinski definition) is 6. The zero-order valence-electron chi connectivity index (χ0n) is 19.6. The molecule has 0 N–H and O–H groups in total. The van der Waals surface area contributed by atoms with Crippen molar-refractivity contribution in [1.82, 2.24) is 0 Å². The summed E-state index contributed by atoms with van der Waals surface area (Å²) in [6.45, 7) is 12.0. The highest BCUT2D eigenvalue weighted by atomic mass is 16.6. The fourth-order valence-corrected chi connectivity index (χ4v) is 3.06. The van der Waals surface area contributed by atoms with E-state index in [1.54, 1.807) is 38.5 Å². The highest BCUT2D eigenvalue weighted by Crippen LogP contribution is 2.36. The third-order valence-corrected chi connectivity index (χ3v) is 4.73. The van der Waals surface area contributed by atoms with E-state index >= 15 is 0 Å². The van der Waals surface area contributed by atoms with Gasteiger partial charge in [-0.15, -0.1) is 0 Å². The minimum absolute atomic E-state index is 0.282. The molecule has 0 heterocycles. The highest BCUT2D eigenvalue weighted by molar-refractivity contribution is 5.93. The van der Waals surface area contributed by atoms with Crippen molar-refractivity contribution in [3.8, 4) is 23.0 Å². The van der Waals surface area contributed by atoms with Gasteiger partial charge < -0.3 is 18.9 Å². The number of benzene rings is 2. The van der Waals surface area contributed by atoms with Gasteiger partial charge in [0.25, 0.3) is 0 Å². The first-order chi connectivity index (χ1) is 14.3. The Morgan fingerprint density at radius 2 is 1.03 bits per heavy atom. The van der Waals surface area contributed by atoms with Crippen LogP contribution in [0.1, 0.15) is 59.1 Å². The van der Waals surface area contributed by atoms with Crippen molar-refractivity contribution in [3.05, 3.63) is 47.5 Å². The Bertz CT molecular complexity index is 870. The first-order valence-electron chi connectivity index (χ1n) is 10.1. The molecule has 2 aromatic rings. The van der Waals surface area contributed by atoms with Gasteiger partial charge in [0.05, 0.1) is 14.2 Å². The van der Waals surface area contributed by atoms with Crippen molar-refractivity contribution in [1.29, 1.82) is 0 Å². The SMILES string of the molecule is COc1ccc(OC(=O)CC(=O)Oc2ccc(OC)cc2C(C)(C)C)c(C(C)(C)C)c1. The molecular formula is C25H32O6. The van der Waals surface area contributed by atoms with Gasteiger partial charge in [-0.1, -0.05) is 41.5 Å². The Kier molecular flexibility index (Phi) is 7.37. The summed E-state index contributed by atoms with van der Waals surface area (Å²) in [5.41, 5.74) is 1.04. The molecule has 168 valence electrons. The van der Waals surface area contributed by atoms with Crippen LogP contribution in [0.4, 0.5) is 0 Å². The molecule has 2 aromatic carbocycles. The molecule has 2 rings (SSSR count). The molecule has 0 saturated carbocycles. The molecule has 0 radical (unpaired) electrons. The van der Waals surface area contributed by atoms with Crippen LogP contribution in [0.15, 0.2) is 36.4 Å². The smallest absolute Gasteiger partial charge is 0.322 e. The standard InChI is InChI=1S/C25H32O6/c1-24(2,3)18-13-16(28-7)9-11-20(18)30-22(26)15-23(27)31-21-12-10-17(29-8)14-19(21)25(4,5)6/h9-14H,15H2,1-8H3. The summed E-state index contributed by atoms with van der Waals surface area (Å²) in [4.78, 5) is 24.9. The molecule has 0 aliphatic rings. The van der Waals surface area contributed by atoms with Crippen molar-refractivity contribution in [3.63, 3.8) is 0 Å². The predicted octanol–water partition coefficient (Wildman–Crippen LogP) is 5.20. The summed E-state index contributed by atoms with van der Waals surface area (Å²) < 4.78 is 21.5. The van der Waals surface area contributed by atoms with E-state index in [1.165, 1.54) is 0 Å². The van der Waals surface area contributed by atoms with Crippen molar-refractivity contribution < 1.29 is 28.5 Å². The minimum Gasteiger partial charge on any atom is -0.497 e.